The molecule has 0 bridgehead atoms. The van der Waals surface area contributed by atoms with Crippen LogP contribution in [0.15, 0.2) is 0 Å². The Morgan fingerprint density at radius 2 is 0.431 bits per heavy atom. The second kappa shape index (κ2) is 57.9. The van der Waals surface area contributed by atoms with Crippen LogP contribution in [-0.2, 0) is 26.6 Å². The fourth-order valence-electron chi connectivity index (χ4n) is 9.54. The molecule has 0 amide bonds. The number of unbranched alkanes of at least 4 members (excludes halogenated alkanes) is 24. The summed E-state index contributed by atoms with van der Waals surface area (Å²) in [5, 5.41) is 0. The molecule has 72 heavy (non-hydrogen) atoms. The predicted octanol–water partition coefficient (Wildman–Crippen LogP) is 12.3. The van der Waals surface area contributed by atoms with Gasteiger partial charge in [0.1, 0.15) is 0 Å². The number of rotatable bonds is 56. The molecule has 440 valence electrons. The van der Waals surface area contributed by atoms with Crippen LogP contribution in [0, 0.1) is 0 Å². The molecular formula is C60H132Cl2N2O6Si2. The molecule has 0 spiro atoms. The van der Waals surface area contributed by atoms with Gasteiger partial charge in [0.2, 0.25) is 0 Å². The molecule has 0 aliphatic carbocycles. The van der Waals surface area contributed by atoms with Crippen LogP contribution in [0.3, 0.4) is 0 Å². The van der Waals surface area contributed by atoms with Gasteiger partial charge in [0, 0.05) is 64.6 Å². The van der Waals surface area contributed by atoms with Crippen LogP contribution in [0.25, 0.3) is 0 Å². The van der Waals surface area contributed by atoms with E-state index in [9.17, 15) is 0 Å². The van der Waals surface area contributed by atoms with E-state index in [0.717, 1.165) is 108 Å². The zero-order valence-electron chi connectivity index (χ0n) is 51.0. The summed E-state index contributed by atoms with van der Waals surface area (Å²) in [6, 6.07) is 1.92. The van der Waals surface area contributed by atoms with E-state index in [1.807, 2.05) is 0 Å². The Kier molecular flexibility index (Phi) is 63.6. The lowest BCUT2D eigenvalue weighted by Gasteiger charge is -2.36. The van der Waals surface area contributed by atoms with Gasteiger partial charge in [0.05, 0.1) is 53.9 Å². The summed E-state index contributed by atoms with van der Waals surface area (Å²) >= 11 is 0. The van der Waals surface area contributed by atoms with Crippen LogP contribution in [0.4, 0.5) is 0 Å². The Morgan fingerprint density at radius 3 is 0.681 bits per heavy atom. The lowest BCUT2D eigenvalue weighted by atomic mass is 10.1. The third-order valence-corrected chi connectivity index (χ3v) is 19.8. The van der Waals surface area contributed by atoms with Gasteiger partial charge in [-0.3, -0.25) is 0 Å². The van der Waals surface area contributed by atoms with E-state index < -0.39 is 17.6 Å². The third kappa shape index (κ3) is 50.2. The largest absolute Gasteiger partial charge is 1.00 e. The molecule has 8 nitrogen and oxygen atoms in total. The van der Waals surface area contributed by atoms with Gasteiger partial charge in [-0.25, -0.2) is 0 Å². The van der Waals surface area contributed by atoms with Crippen molar-refractivity contribution in [3.05, 3.63) is 0 Å². The molecule has 0 aromatic carbocycles. The molecule has 0 aliphatic heterocycles. The standard InChI is InChI=1S/C35H76NO3Si.C25H56NO3Si.2ClH/c1-7-12-14-16-18-20-22-24-26-29-36(6,30-27-25-23-21-19-17-15-13-8-2)31-28-35-40(37-32-9-3,38-33-10-4)39-34-11-5;1-7-11-12-13-14-15-16-17-18-20-26(5,6)21-19-25-30(27-22-8-2,28-23-9-3)29-24-10-4;;/h7-35H2,1-6H3;7-25H2,1-6H3;2*1H/q2*+1;;/p-2. The average Bonchev–Trinajstić information content (AvgIpc) is 3.35. The van der Waals surface area contributed by atoms with E-state index in [1.165, 1.54) is 211 Å². The Morgan fingerprint density at radius 1 is 0.236 bits per heavy atom. The lowest BCUT2D eigenvalue weighted by molar-refractivity contribution is -0.910. The topological polar surface area (TPSA) is 55.4 Å². The van der Waals surface area contributed by atoms with E-state index in [1.54, 1.807) is 0 Å². The fraction of sp³-hybridized carbons (Fsp3) is 1.00. The minimum Gasteiger partial charge on any atom is -1.00 e. The van der Waals surface area contributed by atoms with Gasteiger partial charge < -0.3 is 60.3 Å². The maximum Gasteiger partial charge on any atom is 0.501 e. The summed E-state index contributed by atoms with van der Waals surface area (Å²) in [4.78, 5) is 0. The van der Waals surface area contributed by atoms with E-state index in [-0.39, 0.29) is 24.8 Å². The number of nitrogens with zero attached hydrogens (tertiary/aromatic N) is 2. The first-order valence-electron chi connectivity index (χ1n) is 31.5. The molecule has 0 rings (SSSR count). The fourth-order valence-corrected chi connectivity index (χ4v) is 15.2. The van der Waals surface area contributed by atoms with Crippen LogP contribution in [0.1, 0.15) is 287 Å². The molecular weight excluding hydrogens is 972 g/mol. The van der Waals surface area contributed by atoms with E-state index in [2.05, 4.69) is 83.5 Å². The first-order chi connectivity index (χ1) is 34.0. The highest BCUT2D eigenvalue weighted by atomic mass is 35.5. The summed E-state index contributed by atoms with van der Waals surface area (Å²) in [5.41, 5.74) is 0. The van der Waals surface area contributed by atoms with Crippen molar-refractivity contribution in [2.75, 3.05) is 93.5 Å². The van der Waals surface area contributed by atoms with E-state index >= 15 is 0 Å². The van der Waals surface area contributed by atoms with Crippen LogP contribution in [-0.4, -0.2) is 120 Å². The van der Waals surface area contributed by atoms with Crippen molar-refractivity contribution < 1.29 is 60.3 Å². The number of halogens is 2. The van der Waals surface area contributed by atoms with E-state index in [4.69, 9.17) is 26.6 Å². The molecule has 0 saturated heterocycles. The number of hydrogen-bond acceptors (Lipinski definition) is 6. The molecule has 0 heterocycles. The maximum absolute atomic E-state index is 6.41. The van der Waals surface area contributed by atoms with Crippen molar-refractivity contribution in [3.63, 3.8) is 0 Å². The van der Waals surface area contributed by atoms with Gasteiger partial charge in [0.15, 0.2) is 0 Å². The Bertz CT molecular complexity index is 973. The lowest BCUT2D eigenvalue weighted by Crippen LogP contribution is -3.00. The molecule has 12 heteroatoms. The second-order valence-corrected chi connectivity index (χ2v) is 27.8. The van der Waals surface area contributed by atoms with Crippen molar-refractivity contribution in [2.24, 2.45) is 0 Å². The molecule has 0 fully saturated rings. The molecule has 0 aromatic rings. The monoisotopic (exact) mass is 1100 g/mol. The first-order valence-corrected chi connectivity index (χ1v) is 35.3. The van der Waals surface area contributed by atoms with Crippen molar-refractivity contribution in [1.29, 1.82) is 0 Å². The minimum atomic E-state index is -2.59. The van der Waals surface area contributed by atoms with E-state index in [0.29, 0.717) is 0 Å². The summed E-state index contributed by atoms with van der Waals surface area (Å²) < 4.78 is 40.3. The summed E-state index contributed by atoms with van der Waals surface area (Å²) in [6.07, 6.45) is 46.3. The van der Waals surface area contributed by atoms with Crippen molar-refractivity contribution in [2.45, 2.75) is 299 Å². The quantitative estimate of drug-likeness (QED) is 0.0344. The first kappa shape index (κ1) is 79.2. The Labute approximate surface area is 468 Å². The molecule has 0 saturated carbocycles. The van der Waals surface area contributed by atoms with Gasteiger partial charge in [-0.05, 0) is 77.0 Å². The van der Waals surface area contributed by atoms with Gasteiger partial charge >= 0.3 is 17.6 Å². The zero-order chi connectivity index (χ0) is 52.2. The molecule has 0 atom stereocenters. The third-order valence-electron chi connectivity index (χ3n) is 14.1. The zero-order valence-corrected chi connectivity index (χ0v) is 54.6. The Hall–Kier alpha value is 0.694. The molecule has 0 unspecified atom stereocenters. The minimum absolute atomic E-state index is 0. The number of hydrogen-bond donors (Lipinski definition) is 0. The SMILES string of the molecule is CCCCCCCCCCC[N+](C)(C)CCC[Si](OCCC)(OCCC)OCCC.CCCCCCCCCCC[N+](C)(CCCCCCCCCCC)CCC[Si](OCCC)(OCCC)OCCC.[Cl-].[Cl-]. The van der Waals surface area contributed by atoms with Gasteiger partial charge in [0.25, 0.3) is 0 Å². The van der Waals surface area contributed by atoms with Gasteiger partial charge in [-0.2, -0.15) is 0 Å². The van der Waals surface area contributed by atoms with Crippen LogP contribution < -0.4 is 24.8 Å². The summed E-state index contributed by atoms with van der Waals surface area (Å²) in [5.74, 6) is 0. The van der Waals surface area contributed by atoms with Crippen LogP contribution in [0.2, 0.25) is 12.1 Å². The highest BCUT2D eigenvalue weighted by molar-refractivity contribution is 6.61. The van der Waals surface area contributed by atoms with Crippen LogP contribution >= 0.6 is 0 Å². The van der Waals surface area contributed by atoms with Gasteiger partial charge in [-0.1, -0.05) is 197 Å². The van der Waals surface area contributed by atoms with Crippen molar-refractivity contribution >= 4 is 17.6 Å². The molecule has 0 aromatic heterocycles. The van der Waals surface area contributed by atoms with Gasteiger partial charge in [-0.15, -0.1) is 0 Å². The molecule has 0 aliphatic rings. The highest BCUT2D eigenvalue weighted by Gasteiger charge is 2.42. The molecule has 0 radical (unpaired) electrons. The Balaban J connectivity index is -0.000000649. The van der Waals surface area contributed by atoms with Crippen molar-refractivity contribution in [3.8, 4) is 0 Å². The average molecular weight is 1100 g/mol. The summed E-state index contributed by atoms with van der Waals surface area (Å²) in [7, 11) is 2.16. The second-order valence-electron chi connectivity index (χ2n) is 22.3. The number of quaternary nitrogens is 2. The van der Waals surface area contributed by atoms with Crippen molar-refractivity contribution in [1.82, 2.24) is 0 Å². The summed E-state index contributed by atoms with van der Waals surface area (Å²) in [6.45, 7) is 30.7. The van der Waals surface area contributed by atoms with Crippen LogP contribution in [0.5, 0.6) is 0 Å². The maximum atomic E-state index is 6.41. The normalized spacial score (nSPS) is 12.2. The smallest absolute Gasteiger partial charge is 0.501 e. The molecule has 0 N–H and O–H groups in total. The highest BCUT2D eigenvalue weighted by Crippen LogP contribution is 2.24. The predicted molar refractivity (Wildman–Crippen MR) is 312 cm³/mol.